The average molecular weight is 535 g/mol. The van der Waals surface area contributed by atoms with Crippen LogP contribution in [-0.4, -0.2) is 32.3 Å². The molecule has 0 unspecified atom stereocenters. The van der Waals surface area contributed by atoms with Crippen molar-refractivity contribution in [1.82, 2.24) is 20.1 Å². The second-order valence-corrected chi connectivity index (χ2v) is 8.99. The van der Waals surface area contributed by atoms with Crippen molar-refractivity contribution in [2.45, 2.75) is 25.2 Å². The normalized spacial score (nSPS) is 10.6. The second-order valence-electron chi connectivity index (χ2n) is 6.76. The third-order valence-corrected chi connectivity index (χ3v) is 6.32. The van der Waals surface area contributed by atoms with Gasteiger partial charge in [0, 0.05) is 21.7 Å². The van der Waals surface area contributed by atoms with Gasteiger partial charge in [0.2, 0.25) is 5.91 Å². The van der Waals surface area contributed by atoms with Crippen LogP contribution in [0.2, 0.25) is 5.02 Å². The zero-order chi connectivity index (χ0) is 23.1. The largest absolute Gasteiger partial charge is 0.345 e. The number of carbonyl (C=O) groups is 2. The number of rotatable bonds is 9. The van der Waals surface area contributed by atoms with E-state index in [2.05, 4.69) is 43.3 Å². The minimum atomic E-state index is -0.224. The lowest BCUT2D eigenvalue weighted by molar-refractivity contribution is -0.113. The molecule has 0 aliphatic heterocycles. The average Bonchev–Trinajstić information content (AvgIpc) is 3.15. The first kappa shape index (κ1) is 24.0. The van der Waals surface area contributed by atoms with Crippen molar-refractivity contribution in [3.8, 4) is 0 Å². The monoisotopic (exact) mass is 533 g/mol. The maximum absolute atomic E-state index is 12.5. The first-order valence-corrected chi connectivity index (χ1v) is 11.8. The lowest BCUT2D eigenvalue weighted by Crippen LogP contribution is -2.25. The smallest absolute Gasteiger partial charge is 0.252 e. The van der Waals surface area contributed by atoms with Gasteiger partial charge in [0.15, 0.2) is 11.0 Å². The van der Waals surface area contributed by atoms with Crippen molar-refractivity contribution in [2.24, 2.45) is 0 Å². The lowest BCUT2D eigenvalue weighted by Gasteiger charge is -2.10. The molecular weight excluding hydrogens is 514 g/mol. The van der Waals surface area contributed by atoms with E-state index in [4.69, 9.17) is 11.6 Å². The molecule has 2 amide bonds. The Morgan fingerprint density at radius 3 is 2.75 bits per heavy atom. The molecule has 32 heavy (non-hydrogen) atoms. The minimum Gasteiger partial charge on any atom is -0.345 e. The van der Waals surface area contributed by atoms with Crippen molar-refractivity contribution in [3.63, 3.8) is 0 Å². The van der Waals surface area contributed by atoms with E-state index < -0.39 is 0 Å². The van der Waals surface area contributed by atoms with Gasteiger partial charge in [-0.05, 0) is 58.7 Å². The third-order valence-electron chi connectivity index (χ3n) is 4.43. The van der Waals surface area contributed by atoms with Gasteiger partial charge in [-0.15, -0.1) is 16.8 Å². The van der Waals surface area contributed by atoms with E-state index in [9.17, 15) is 9.59 Å². The van der Waals surface area contributed by atoms with E-state index in [0.29, 0.717) is 38.3 Å². The van der Waals surface area contributed by atoms with Crippen LogP contribution >= 0.6 is 39.3 Å². The van der Waals surface area contributed by atoms with Gasteiger partial charge < -0.3 is 15.2 Å². The lowest BCUT2D eigenvalue weighted by atomic mass is 10.2. The number of thioether (sulfide) groups is 1. The number of amides is 2. The second kappa shape index (κ2) is 11.3. The summed E-state index contributed by atoms with van der Waals surface area (Å²) in [5.41, 5.74) is 2.13. The number of benzene rings is 2. The Kier molecular flexibility index (Phi) is 8.49. The number of aryl methyl sites for hydroxylation is 1. The van der Waals surface area contributed by atoms with Crippen molar-refractivity contribution >= 4 is 56.8 Å². The van der Waals surface area contributed by atoms with E-state index >= 15 is 0 Å². The van der Waals surface area contributed by atoms with Crippen LogP contribution < -0.4 is 10.6 Å². The van der Waals surface area contributed by atoms with Gasteiger partial charge in [-0.2, -0.15) is 0 Å². The Balaban J connectivity index is 1.62. The molecule has 2 N–H and O–H groups in total. The SMILES string of the molecule is C=CCn1c(CNC(=O)c2ccccc2Br)nnc1SCC(=O)Nc1ccc(Cl)cc1C. The highest BCUT2D eigenvalue weighted by atomic mass is 79.9. The summed E-state index contributed by atoms with van der Waals surface area (Å²) in [6.07, 6.45) is 1.71. The van der Waals surface area contributed by atoms with Gasteiger partial charge in [0.05, 0.1) is 17.9 Å². The first-order valence-electron chi connectivity index (χ1n) is 9.63. The molecule has 3 aromatic rings. The van der Waals surface area contributed by atoms with Crippen molar-refractivity contribution in [2.75, 3.05) is 11.1 Å². The van der Waals surface area contributed by atoms with E-state index in [1.807, 2.05) is 17.6 Å². The molecule has 0 bridgehead atoms. The molecular formula is C22H21BrClN5O2S. The fourth-order valence-electron chi connectivity index (χ4n) is 2.85. The molecule has 1 aromatic heterocycles. The maximum atomic E-state index is 12.5. The summed E-state index contributed by atoms with van der Waals surface area (Å²) < 4.78 is 2.53. The maximum Gasteiger partial charge on any atom is 0.252 e. The van der Waals surface area contributed by atoms with Gasteiger partial charge in [-0.3, -0.25) is 9.59 Å². The molecule has 0 fully saturated rings. The minimum absolute atomic E-state index is 0.153. The molecule has 1 heterocycles. The fraction of sp³-hybridized carbons (Fsp3) is 0.182. The van der Waals surface area contributed by atoms with E-state index in [1.165, 1.54) is 11.8 Å². The highest BCUT2D eigenvalue weighted by molar-refractivity contribution is 9.10. The van der Waals surface area contributed by atoms with E-state index in [0.717, 1.165) is 5.56 Å². The molecule has 3 rings (SSSR count). The predicted octanol–water partition coefficient (Wildman–Crippen LogP) is 4.85. The zero-order valence-electron chi connectivity index (χ0n) is 17.3. The molecule has 166 valence electrons. The van der Waals surface area contributed by atoms with Gasteiger partial charge >= 0.3 is 0 Å². The van der Waals surface area contributed by atoms with Crippen LogP contribution in [-0.2, 0) is 17.9 Å². The quantitative estimate of drug-likeness (QED) is 0.303. The fourth-order valence-corrected chi connectivity index (χ4v) is 4.31. The van der Waals surface area contributed by atoms with Crippen LogP contribution in [0.1, 0.15) is 21.7 Å². The Morgan fingerprint density at radius 2 is 2.03 bits per heavy atom. The van der Waals surface area contributed by atoms with Crippen molar-refractivity contribution in [3.05, 3.63) is 81.6 Å². The van der Waals surface area contributed by atoms with Crippen LogP contribution in [0.5, 0.6) is 0 Å². The Morgan fingerprint density at radius 1 is 1.25 bits per heavy atom. The summed E-state index contributed by atoms with van der Waals surface area (Å²) in [6.45, 7) is 6.29. The summed E-state index contributed by atoms with van der Waals surface area (Å²) in [6, 6.07) is 12.5. The number of hydrogen-bond acceptors (Lipinski definition) is 5. The van der Waals surface area contributed by atoms with Gasteiger partial charge in [-0.25, -0.2) is 0 Å². The Labute approximate surface area is 203 Å². The highest BCUT2D eigenvalue weighted by Gasteiger charge is 2.16. The summed E-state index contributed by atoms with van der Waals surface area (Å²) in [5, 5.41) is 15.3. The summed E-state index contributed by atoms with van der Waals surface area (Å²) >= 11 is 10.6. The summed E-state index contributed by atoms with van der Waals surface area (Å²) in [5.74, 6) is 0.331. The molecule has 0 aliphatic carbocycles. The van der Waals surface area contributed by atoms with E-state index in [-0.39, 0.29) is 24.1 Å². The van der Waals surface area contributed by atoms with Gasteiger partial charge in [0.25, 0.3) is 5.91 Å². The van der Waals surface area contributed by atoms with Crippen LogP contribution in [0.3, 0.4) is 0 Å². The number of nitrogens with zero attached hydrogens (tertiary/aromatic N) is 3. The number of carbonyl (C=O) groups excluding carboxylic acids is 2. The molecule has 7 nitrogen and oxygen atoms in total. The van der Waals surface area contributed by atoms with Crippen LogP contribution in [0.25, 0.3) is 0 Å². The third kappa shape index (κ3) is 6.21. The zero-order valence-corrected chi connectivity index (χ0v) is 20.4. The standard InChI is InChI=1S/C22H21BrClN5O2S/c1-3-10-29-19(12-25-21(31)16-6-4-5-7-17(16)23)27-28-22(29)32-13-20(30)26-18-9-8-15(24)11-14(18)2/h3-9,11H,1,10,12-13H2,2H3,(H,25,31)(H,26,30). The molecule has 0 saturated carbocycles. The number of halogens is 2. The molecule has 0 saturated heterocycles. The summed E-state index contributed by atoms with van der Waals surface area (Å²) in [4.78, 5) is 24.9. The Hall–Kier alpha value is -2.62. The molecule has 10 heteroatoms. The Bertz CT molecular complexity index is 1150. The molecule has 0 aliphatic rings. The molecule has 0 radical (unpaired) electrons. The van der Waals surface area contributed by atoms with Crippen LogP contribution in [0.15, 0.2) is 64.7 Å². The molecule has 0 spiro atoms. The number of hydrogen-bond donors (Lipinski definition) is 2. The first-order chi connectivity index (χ1) is 15.4. The molecule has 2 aromatic carbocycles. The number of anilines is 1. The molecule has 0 atom stereocenters. The topological polar surface area (TPSA) is 88.9 Å². The number of nitrogens with one attached hydrogen (secondary N) is 2. The number of aromatic nitrogens is 3. The van der Waals surface area contributed by atoms with E-state index in [1.54, 1.807) is 42.5 Å². The predicted molar refractivity (Wildman–Crippen MR) is 131 cm³/mol. The van der Waals surface area contributed by atoms with Crippen LogP contribution in [0, 0.1) is 6.92 Å². The van der Waals surface area contributed by atoms with Crippen LogP contribution in [0.4, 0.5) is 5.69 Å². The van der Waals surface area contributed by atoms with Gasteiger partial charge in [-0.1, -0.05) is 41.6 Å². The summed E-state index contributed by atoms with van der Waals surface area (Å²) in [7, 11) is 0. The number of allylic oxidation sites excluding steroid dienone is 1. The highest BCUT2D eigenvalue weighted by Crippen LogP contribution is 2.22. The van der Waals surface area contributed by atoms with Gasteiger partial charge in [0.1, 0.15) is 0 Å². The van der Waals surface area contributed by atoms with Crippen molar-refractivity contribution < 1.29 is 9.59 Å². The van der Waals surface area contributed by atoms with Crippen molar-refractivity contribution in [1.29, 1.82) is 0 Å².